The van der Waals surface area contributed by atoms with Gasteiger partial charge in [-0.2, -0.15) is 0 Å². The molecule has 0 amide bonds. The number of hydrogen-bond donors (Lipinski definition) is 0. The minimum Gasteiger partial charge on any atom is -0.716 e. The van der Waals surface area contributed by atoms with Crippen LogP contribution in [0.15, 0.2) is 36.4 Å². The maximum atomic E-state index is 10.5. The van der Waals surface area contributed by atoms with Crippen molar-refractivity contribution in [2.24, 2.45) is 0 Å². The van der Waals surface area contributed by atoms with E-state index in [1.54, 1.807) is 38.1 Å². The number of benzene rings is 2. The fraction of sp³-hybridized carbons (Fsp3) is 0.400. The molecule has 0 aromatic heterocycles. The molecule has 168 valence electrons. The van der Waals surface area contributed by atoms with Gasteiger partial charge in [-0.25, -0.2) is 16.8 Å². The molecule has 11 heteroatoms. The second kappa shape index (κ2) is 11.9. The van der Waals surface area contributed by atoms with Gasteiger partial charge >= 0.3 is 19.5 Å². The zero-order chi connectivity index (χ0) is 23.3. The third-order valence-corrected chi connectivity index (χ3v) is 4.73. The van der Waals surface area contributed by atoms with Crippen molar-refractivity contribution in [1.29, 1.82) is 0 Å². The molecule has 0 fully saturated rings. The molecule has 0 spiro atoms. The fourth-order valence-corrected chi connectivity index (χ4v) is 3.33. The molecule has 0 bridgehead atoms. The molecule has 31 heavy (non-hydrogen) atoms. The maximum absolute atomic E-state index is 10.5. The van der Waals surface area contributed by atoms with E-state index in [0.717, 1.165) is 11.1 Å². The van der Waals surface area contributed by atoms with Gasteiger partial charge in [0, 0.05) is 0 Å². The van der Waals surface area contributed by atoms with Gasteiger partial charge < -0.3 is 17.5 Å². The molecule has 0 unspecified atom stereocenters. The quantitative estimate of drug-likeness (QED) is 0.316. The van der Waals surface area contributed by atoms with Crippen molar-refractivity contribution in [3.63, 3.8) is 0 Å². The first-order valence-electron chi connectivity index (χ1n) is 9.10. The van der Waals surface area contributed by atoms with Crippen LogP contribution in [0.2, 0.25) is 0 Å². The minimum atomic E-state index is -4.70. The molecule has 0 heterocycles. The fourth-order valence-electron chi connectivity index (χ4n) is 2.60. The van der Waals surface area contributed by atoms with Gasteiger partial charge in [-0.15, -0.1) is 0 Å². The second-order valence-corrected chi connectivity index (χ2v) is 9.34. The Balaban J connectivity index is 0.000000562. The molecule has 0 saturated carbocycles. The van der Waals surface area contributed by atoms with Gasteiger partial charge in [0.15, 0.2) is 0 Å². The summed E-state index contributed by atoms with van der Waals surface area (Å²) >= 11 is 0. The molecule has 0 radical (unpaired) electrons. The normalized spacial score (nSPS) is 11.4. The summed E-state index contributed by atoms with van der Waals surface area (Å²) in [5.74, 6) is 0.449. The predicted octanol–water partition coefficient (Wildman–Crippen LogP) is 3.91. The molecule has 2 aromatic carbocycles. The van der Waals surface area contributed by atoms with E-state index in [2.05, 4.69) is 8.37 Å². The molecule has 0 atom stereocenters. The largest absolute Gasteiger partial charge is 2.00 e. The third-order valence-electron chi connectivity index (χ3n) is 3.97. The zero-order valence-corrected chi connectivity index (χ0v) is 23.0. The first-order valence-corrected chi connectivity index (χ1v) is 11.8. The Hall–Kier alpha value is -1.52. The first kappa shape index (κ1) is 29.5. The van der Waals surface area contributed by atoms with E-state index in [-0.39, 0.29) is 42.8 Å². The van der Waals surface area contributed by atoms with Gasteiger partial charge in [0.1, 0.15) is 11.5 Å². The summed E-state index contributed by atoms with van der Waals surface area (Å²) in [4.78, 5) is 0. The summed E-state index contributed by atoms with van der Waals surface area (Å²) in [6.45, 7) is 11.2. The molecule has 2 aromatic rings. The van der Waals surface area contributed by atoms with E-state index in [1.165, 1.54) is 0 Å². The molecular formula is C20H26O8S2Zn. The molecule has 8 nitrogen and oxygen atoms in total. The van der Waals surface area contributed by atoms with E-state index < -0.39 is 20.8 Å². The Morgan fingerprint density at radius 1 is 0.677 bits per heavy atom. The van der Waals surface area contributed by atoms with Crippen molar-refractivity contribution in [3.05, 3.63) is 58.7 Å². The van der Waals surface area contributed by atoms with Gasteiger partial charge in [-0.1, -0.05) is 52.0 Å². The summed E-state index contributed by atoms with van der Waals surface area (Å²) in [7, 11) is -9.40. The van der Waals surface area contributed by atoms with Crippen LogP contribution in [0.3, 0.4) is 0 Å². The van der Waals surface area contributed by atoms with Crippen LogP contribution in [-0.2, 0) is 40.3 Å². The summed E-state index contributed by atoms with van der Waals surface area (Å²) in [5, 5.41) is 0. The molecule has 0 aliphatic rings. The minimum absolute atomic E-state index is 0. The molecule has 0 saturated heterocycles. The van der Waals surface area contributed by atoms with Crippen LogP contribution in [0.4, 0.5) is 0 Å². The van der Waals surface area contributed by atoms with Crippen LogP contribution < -0.4 is 8.37 Å². The Kier molecular flexibility index (Phi) is 11.3. The Labute approximate surface area is 197 Å². The number of hydrogen-bond acceptors (Lipinski definition) is 8. The van der Waals surface area contributed by atoms with Crippen LogP contribution in [0.1, 0.15) is 61.8 Å². The van der Waals surface area contributed by atoms with Crippen molar-refractivity contribution in [3.8, 4) is 11.5 Å². The topological polar surface area (TPSA) is 133 Å². The van der Waals surface area contributed by atoms with Crippen LogP contribution in [0.25, 0.3) is 0 Å². The third kappa shape index (κ3) is 11.1. The van der Waals surface area contributed by atoms with Gasteiger partial charge in [0.25, 0.3) is 20.8 Å². The summed E-state index contributed by atoms with van der Waals surface area (Å²) in [6.07, 6.45) is 0. The van der Waals surface area contributed by atoms with Gasteiger partial charge in [-0.3, -0.25) is 0 Å². The van der Waals surface area contributed by atoms with Crippen LogP contribution in [0.5, 0.6) is 11.5 Å². The number of rotatable bonds is 6. The van der Waals surface area contributed by atoms with E-state index in [1.807, 2.05) is 39.8 Å². The smallest absolute Gasteiger partial charge is 0.716 e. The average molecular weight is 524 g/mol. The van der Waals surface area contributed by atoms with Crippen molar-refractivity contribution in [2.75, 3.05) is 0 Å². The number of aryl methyl sites for hydroxylation is 2. The first-order chi connectivity index (χ1) is 13.6. The van der Waals surface area contributed by atoms with E-state index in [0.29, 0.717) is 11.1 Å². The standard InChI is InChI=1S/2C10H14O4S.Zn/c2*1-7(2)9-5-4-8(3)6-10(9)14-15(11,12)13;/h2*4-7H,1-3H3,(H,11,12,13);/q;;+2/p-2. The average Bonchev–Trinajstić information content (AvgIpc) is 2.51. The Morgan fingerprint density at radius 2 is 0.968 bits per heavy atom. The molecular weight excluding hydrogens is 498 g/mol. The monoisotopic (exact) mass is 522 g/mol. The van der Waals surface area contributed by atoms with Crippen molar-refractivity contribution in [2.45, 2.75) is 53.4 Å². The van der Waals surface area contributed by atoms with E-state index in [4.69, 9.17) is 0 Å². The summed E-state index contributed by atoms with van der Waals surface area (Å²) in [5.41, 5.74) is 3.11. The predicted molar refractivity (Wildman–Crippen MR) is 111 cm³/mol. The SMILES string of the molecule is Cc1ccc(C(C)C)c(OS(=O)(=O)[O-])c1.Cc1ccc(C(C)C)c(OS(=O)(=O)[O-])c1.[Zn+2]. The van der Waals surface area contributed by atoms with Crippen molar-refractivity contribution < 1.29 is 53.8 Å². The van der Waals surface area contributed by atoms with Gasteiger partial charge in [0.2, 0.25) is 0 Å². The van der Waals surface area contributed by atoms with Crippen LogP contribution in [0, 0.1) is 13.8 Å². The summed E-state index contributed by atoms with van der Waals surface area (Å²) < 4.78 is 71.8. The molecule has 2 rings (SSSR count). The maximum Gasteiger partial charge on any atom is 2.00 e. The molecule has 0 aliphatic heterocycles. The molecule has 0 aliphatic carbocycles. The van der Waals surface area contributed by atoms with E-state index in [9.17, 15) is 25.9 Å². The summed E-state index contributed by atoms with van der Waals surface area (Å²) in [6, 6.07) is 10.3. The Bertz CT molecular complexity index is 991. The van der Waals surface area contributed by atoms with Crippen molar-refractivity contribution in [1.82, 2.24) is 0 Å². The van der Waals surface area contributed by atoms with Crippen molar-refractivity contribution >= 4 is 20.8 Å². The van der Waals surface area contributed by atoms with Gasteiger partial charge in [0.05, 0.1) is 0 Å². The zero-order valence-electron chi connectivity index (χ0n) is 18.4. The Morgan fingerprint density at radius 3 is 1.19 bits per heavy atom. The van der Waals surface area contributed by atoms with E-state index >= 15 is 0 Å². The second-order valence-electron chi connectivity index (χ2n) is 7.38. The molecule has 0 N–H and O–H groups in total. The van der Waals surface area contributed by atoms with Crippen LogP contribution >= 0.6 is 0 Å². The van der Waals surface area contributed by atoms with Crippen LogP contribution in [-0.4, -0.2) is 25.9 Å². The van der Waals surface area contributed by atoms with Gasteiger partial charge in [-0.05, 0) is 60.1 Å².